The number of methoxy groups -OCH3 is 1. The molecular formula is C13H11Br2NO2. The molecule has 0 saturated carbocycles. The van der Waals surface area contributed by atoms with Crippen molar-refractivity contribution in [3.05, 3.63) is 21.1 Å². The zero-order valence-corrected chi connectivity index (χ0v) is 12.9. The van der Waals surface area contributed by atoms with Crippen LogP contribution in [0.2, 0.25) is 0 Å². The molecule has 1 aliphatic rings. The number of hydrogen-bond donors (Lipinski definition) is 0. The van der Waals surface area contributed by atoms with Gasteiger partial charge in [-0.05, 0) is 37.9 Å². The van der Waals surface area contributed by atoms with Gasteiger partial charge in [-0.3, -0.25) is 4.79 Å². The second kappa shape index (κ2) is 5.33. The molecule has 0 bridgehead atoms. The molecule has 3 nitrogen and oxygen atoms in total. The number of hydrogen-bond acceptors (Lipinski definition) is 2. The second-order valence-electron chi connectivity index (χ2n) is 4.01. The minimum atomic E-state index is -0.0148. The first-order valence-electron chi connectivity index (χ1n) is 5.36. The molecule has 1 heterocycles. The minimum absolute atomic E-state index is 0.0148. The third kappa shape index (κ3) is 2.40. The fraction of sp³-hybridized carbons (Fsp3) is 0.308. The summed E-state index contributed by atoms with van der Waals surface area (Å²) in [7, 11) is 1.59. The topological polar surface area (TPSA) is 29.5 Å². The van der Waals surface area contributed by atoms with Crippen molar-refractivity contribution < 1.29 is 9.53 Å². The molecule has 1 aromatic carbocycles. The quantitative estimate of drug-likeness (QED) is 0.746. The molecule has 0 spiro atoms. The van der Waals surface area contributed by atoms with Gasteiger partial charge in [0.05, 0.1) is 17.3 Å². The monoisotopic (exact) mass is 371 g/mol. The molecule has 1 amide bonds. The third-order valence-corrected chi connectivity index (χ3v) is 4.13. The van der Waals surface area contributed by atoms with E-state index in [1.54, 1.807) is 12.0 Å². The van der Waals surface area contributed by atoms with Gasteiger partial charge < -0.3 is 9.64 Å². The van der Waals surface area contributed by atoms with Gasteiger partial charge >= 0.3 is 0 Å². The highest BCUT2D eigenvalue weighted by molar-refractivity contribution is 9.11. The number of carbonyl (C=O) groups excluding carboxylic acids is 1. The van der Waals surface area contributed by atoms with Crippen LogP contribution in [0, 0.1) is 18.3 Å². The summed E-state index contributed by atoms with van der Waals surface area (Å²) in [5.41, 5.74) is 0.790. The van der Waals surface area contributed by atoms with Crippen LogP contribution in [0.3, 0.4) is 0 Å². The van der Waals surface area contributed by atoms with Gasteiger partial charge in [0.25, 0.3) is 0 Å². The largest absolute Gasteiger partial charge is 0.495 e. The fourth-order valence-corrected chi connectivity index (χ4v) is 3.30. The molecular weight excluding hydrogens is 362 g/mol. The van der Waals surface area contributed by atoms with Crippen LogP contribution in [0.25, 0.3) is 0 Å². The predicted octanol–water partition coefficient (Wildman–Crippen LogP) is 3.21. The fourth-order valence-electron chi connectivity index (χ4n) is 1.93. The standard InChI is InChI=1S/C13H11Br2NO2/c1-3-8-4-13(17)16(7-8)11-6-12(18-2)10(15)5-9(11)14/h1,5-6,8H,4,7H2,2H3. The zero-order valence-electron chi connectivity index (χ0n) is 9.74. The summed E-state index contributed by atoms with van der Waals surface area (Å²) < 4.78 is 6.91. The average molecular weight is 373 g/mol. The summed E-state index contributed by atoms with van der Waals surface area (Å²) in [6, 6.07) is 3.69. The van der Waals surface area contributed by atoms with Crippen molar-refractivity contribution in [2.75, 3.05) is 18.6 Å². The van der Waals surface area contributed by atoms with Gasteiger partial charge in [-0.1, -0.05) is 0 Å². The van der Waals surface area contributed by atoms with Crippen LogP contribution in [-0.2, 0) is 4.79 Å². The highest BCUT2D eigenvalue weighted by atomic mass is 79.9. The highest BCUT2D eigenvalue weighted by Crippen LogP contribution is 2.38. The molecule has 1 aromatic rings. The minimum Gasteiger partial charge on any atom is -0.495 e. The first-order chi connectivity index (χ1) is 8.56. The van der Waals surface area contributed by atoms with Crippen LogP contribution in [0.15, 0.2) is 21.1 Å². The molecule has 0 aromatic heterocycles. The number of halogens is 2. The number of ether oxygens (including phenoxy) is 1. The number of amides is 1. The molecule has 1 saturated heterocycles. The number of carbonyl (C=O) groups is 1. The van der Waals surface area contributed by atoms with Crippen LogP contribution in [-0.4, -0.2) is 19.6 Å². The molecule has 18 heavy (non-hydrogen) atoms. The van der Waals surface area contributed by atoms with Crippen molar-refractivity contribution in [2.24, 2.45) is 5.92 Å². The van der Waals surface area contributed by atoms with Gasteiger partial charge in [0.15, 0.2) is 0 Å². The van der Waals surface area contributed by atoms with E-state index >= 15 is 0 Å². The maximum Gasteiger partial charge on any atom is 0.228 e. The summed E-state index contributed by atoms with van der Waals surface area (Å²) in [5, 5.41) is 0. The molecule has 0 N–H and O–H groups in total. The Morgan fingerprint density at radius 3 is 2.72 bits per heavy atom. The van der Waals surface area contributed by atoms with Gasteiger partial charge in [-0.2, -0.15) is 0 Å². The van der Waals surface area contributed by atoms with Crippen LogP contribution < -0.4 is 9.64 Å². The molecule has 0 aliphatic carbocycles. The first-order valence-corrected chi connectivity index (χ1v) is 6.95. The second-order valence-corrected chi connectivity index (χ2v) is 5.72. The van der Waals surface area contributed by atoms with Crippen molar-refractivity contribution in [1.82, 2.24) is 0 Å². The van der Waals surface area contributed by atoms with Crippen molar-refractivity contribution >= 4 is 43.5 Å². The molecule has 1 unspecified atom stereocenters. The van der Waals surface area contributed by atoms with Crippen LogP contribution in [0.1, 0.15) is 6.42 Å². The lowest BCUT2D eigenvalue weighted by Crippen LogP contribution is -2.24. The van der Waals surface area contributed by atoms with E-state index in [0.29, 0.717) is 18.7 Å². The number of anilines is 1. The summed E-state index contributed by atoms with van der Waals surface area (Å²) >= 11 is 6.86. The Morgan fingerprint density at radius 1 is 1.44 bits per heavy atom. The van der Waals surface area contributed by atoms with Crippen molar-refractivity contribution in [3.8, 4) is 18.1 Å². The first kappa shape index (κ1) is 13.4. The van der Waals surface area contributed by atoms with Crippen LogP contribution in [0.4, 0.5) is 5.69 Å². The molecule has 2 rings (SSSR count). The molecule has 94 valence electrons. The Hall–Kier alpha value is -0.990. The smallest absolute Gasteiger partial charge is 0.228 e. The average Bonchev–Trinajstić information content (AvgIpc) is 2.71. The van der Waals surface area contributed by atoms with E-state index in [9.17, 15) is 4.79 Å². The third-order valence-electron chi connectivity index (χ3n) is 2.87. The normalized spacial score (nSPS) is 18.9. The summed E-state index contributed by atoms with van der Waals surface area (Å²) in [5.74, 6) is 3.35. The summed E-state index contributed by atoms with van der Waals surface area (Å²) in [6.07, 6.45) is 5.79. The van der Waals surface area contributed by atoms with Gasteiger partial charge in [0.2, 0.25) is 5.91 Å². The Morgan fingerprint density at radius 2 is 2.17 bits per heavy atom. The summed E-state index contributed by atoms with van der Waals surface area (Å²) in [4.78, 5) is 13.6. The lowest BCUT2D eigenvalue weighted by Gasteiger charge is -2.19. The molecule has 5 heteroatoms. The lowest BCUT2D eigenvalue weighted by molar-refractivity contribution is -0.117. The predicted molar refractivity (Wildman–Crippen MR) is 77.7 cm³/mol. The van der Waals surface area contributed by atoms with Crippen molar-refractivity contribution in [2.45, 2.75) is 6.42 Å². The van der Waals surface area contributed by atoms with E-state index in [1.807, 2.05) is 12.1 Å². The number of terminal acetylenes is 1. The van der Waals surface area contributed by atoms with E-state index in [4.69, 9.17) is 11.2 Å². The molecule has 1 aliphatic heterocycles. The van der Waals surface area contributed by atoms with Gasteiger partial charge in [0, 0.05) is 29.4 Å². The van der Waals surface area contributed by atoms with E-state index < -0.39 is 0 Å². The van der Waals surface area contributed by atoms with E-state index in [2.05, 4.69) is 37.8 Å². The van der Waals surface area contributed by atoms with Crippen molar-refractivity contribution in [3.63, 3.8) is 0 Å². The lowest BCUT2D eigenvalue weighted by atomic mass is 10.1. The molecule has 1 atom stereocenters. The van der Waals surface area contributed by atoms with Crippen LogP contribution in [0.5, 0.6) is 5.75 Å². The van der Waals surface area contributed by atoms with E-state index in [0.717, 1.165) is 14.6 Å². The Labute approximate surface area is 123 Å². The summed E-state index contributed by atoms with van der Waals surface area (Å²) in [6.45, 7) is 0.554. The van der Waals surface area contributed by atoms with Crippen molar-refractivity contribution in [1.29, 1.82) is 0 Å². The number of rotatable bonds is 2. The number of nitrogens with zero attached hydrogens (tertiary/aromatic N) is 1. The molecule has 1 fully saturated rings. The maximum absolute atomic E-state index is 11.9. The zero-order chi connectivity index (χ0) is 13.3. The van der Waals surface area contributed by atoms with Gasteiger partial charge in [0.1, 0.15) is 5.75 Å². The Kier molecular flexibility index (Phi) is 3.98. The Balaban J connectivity index is 2.40. The van der Waals surface area contributed by atoms with E-state index in [1.165, 1.54) is 0 Å². The molecule has 0 radical (unpaired) electrons. The Bertz CT molecular complexity index is 537. The van der Waals surface area contributed by atoms with Gasteiger partial charge in [-0.25, -0.2) is 0 Å². The highest BCUT2D eigenvalue weighted by Gasteiger charge is 2.30. The van der Waals surface area contributed by atoms with E-state index in [-0.39, 0.29) is 11.8 Å². The SMILES string of the molecule is C#CC1CC(=O)N(c2cc(OC)c(Br)cc2Br)C1. The number of benzene rings is 1. The van der Waals surface area contributed by atoms with Crippen LogP contribution >= 0.6 is 31.9 Å². The maximum atomic E-state index is 11.9. The van der Waals surface area contributed by atoms with Gasteiger partial charge in [-0.15, -0.1) is 12.3 Å².